The van der Waals surface area contributed by atoms with Crippen LogP contribution in [0.4, 0.5) is 0 Å². The molecule has 1 rings (SSSR count). The lowest BCUT2D eigenvalue weighted by Crippen LogP contribution is -2.38. The molecular weight excluding hydrogens is 332 g/mol. The maximum Gasteiger partial charge on any atom is 0.235 e. The van der Waals surface area contributed by atoms with Gasteiger partial charge in [-0.15, -0.1) is 0 Å². The van der Waals surface area contributed by atoms with Crippen molar-refractivity contribution in [3.63, 3.8) is 0 Å². The zero-order valence-corrected chi connectivity index (χ0v) is 15.2. The van der Waals surface area contributed by atoms with E-state index >= 15 is 0 Å². The Morgan fingerprint density at radius 3 is 2.58 bits per heavy atom. The van der Waals surface area contributed by atoms with E-state index in [0.29, 0.717) is 30.9 Å². The Labute approximate surface area is 143 Å². The zero-order chi connectivity index (χ0) is 18.0. The molecule has 24 heavy (non-hydrogen) atoms. The molecule has 1 amide bonds. The van der Waals surface area contributed by atoms with Gasteiger partial charge in [0, 0.05) is 6.54 Å². The Morgan fingerprint density at radius 1 is 1.21 bits per heavy atom. The van der Waals surface area contributed by atoms with Gasteiger partial charge in [-0.1, -0.05) is 13.3 Å². The maximum absolute atomic E-state index is 11.7. The van der Waals surface area contributed by atoms with Crippen molar-refractivity contribution in [1.29, 1.82) is 0 Å². The van der Waals surface area contributed by atoms with Crippen molar-refractivity contribution in [2.75, 3.05) is 33.1 Å². The Balaban J connectivity index is 2.43. The van der Waals surface area contributed by atoms with E-state index in [-0.39, 0.29) is 18.2 Å². The summed E-state index contributed by atoms with van der Waals surface area (Å²) in [5.41, 5.74) is 0.903. The van der Waals surface area contributed by atoms with E-state index in [9.17, 15) is 13.2 Å². The second-order valence-corrected chi connectivity index (χ2v) is 7.20. The van der Waals surface area contributed by atoms with Crippen LogP contribution in [0.1, 0.15) is 25.3 Å². The molecule has 0 spiro atoms. The molecule has 0 aromatic heterocycles. The number of hydrogen-bond acceptors (Lipinski definition) is 5. The van der Waals surface area contributed by atoms with Crippen LogP contribution in [0, 0.1) is 0 Å². The molecule has 0 unspecified atom stereocenters. The third kappa shape index (κ3) is 7.18. The normalized spacial score (nSPS) is 11.1. The summed E-state index contributed by atoms with van der Waals surface area (Å²) in [5, 5.41) is 2.69. The standard InChI is InChI=1S/C16H26N2O5S/c1-4-5-10-24(20,21)18-12-16(19)17-9-8-13-11-14(22-2)6-7-15(13)23-3/h6-7,11,18H,4-5,8-10,12H2,1-3H3,(H,17,19). The van der Waals surface area contributed by atoms with Crippen LogP contribution in [0.25, 0.3) is 0 Å². The summed E-state index contributed by atoms with van der Waals surface area (Å²) in [4.78, 5) is 11.7. The third-order valence-corrected chi connectivity index (χ3v) is 4.83. The molecule has 0 fully saturated rings. The lowest BCUT2D eigenvalue weighted by atomic mass is 10.1. The van der Waals surface area contributed by atoms with Crippen LogP contribution in [0.2, 0.25) is 0 Å². The molecule has 1 aromatic rings. The smallest absolute Gasteiger partial charge is 0.235 e. The average Bonchev–Trinajstić information content (AvgIpc) is 2.58. The predicted octanol–water partition coefficient (Wildman–Crippen LogP) is 1.08. The highest BCUT2D eigenvalue weighted by atomic mass is 32.2. The number of hydrogen-bond donors (Lipinski definition) is 2. The van der Waals surface area contributed by atoms with Crippen molar-refractivity contribution in [2.24, 2.45) is 0 Å². The predicted molar refractivity (Wildman–Crippen MR) is 93.0 cm³/mol. The number of carbonyl (C=O) groups is 1. The molecular formula is C16H26N2O5S. The summed E-state index contributed by atoms with van der Waals surface area (Å²) >= 11 is 0. The van der Waals surface area contributed by atoms with Crippen molar-refractivity contribution in [1.82, 2.24) is 10.0 Å². The molecule has 0 saturated heterocycles. The van der Waals surface area contributed by atoms with Crippen molar-refractivity contribution in [2.45, 2.75) is 26.2 Å². The van der Waals surface area contributed by atoms with E-state index in [4.69, 9.17) is 9.47 Å². The number of benzene rings is 1. The molecule has 0 saturated carbocycles. The Kier molecular flexibility index (Phi) is 8.56. The van der Waals surface area contributed by atoms with Gasteiger partial charge in [0.1, 0.15) is 11.5 Å². The number of ether oxygens (including phenoxy) is 2. The van der Waals surface area contributed by atoms with Crippen molar-refractivity contribution < 1.29 is 22.7 Å². The van der Waals surface area contributed by atoms with Crippen LogP contribution >= 0.6 is 0 Å². The van der Waals surface area contributed by atoms with Gasteiger partial charge >= 0.3 is 0 Å². The first-order valence-corrected chi connectivity index (χ1v) is 9.52. The summed E-state index contributed by atoms with van der Waals surface area (Å²) < 4.78 is 36.0. The molecule has 7 nitrogen and oxygen atoms in total. The molecule has 2 N–H and O–H groups in total. The van der Waals surface area contributed by atoms with E-state index in [2.05, 4.69) is 10.0 Å². The summed E-state index contributed by atoms with van der Waals surface area (Å²) in [6.07, 6.45) is 1.91. The minimum atomic E-state index is -3.38. The van der Waals surface area contributed by atoms with Gasteiger partial charge in [0.05, 0.1) is 26.5 Å². The highest BCUT2D eigenvalue weighted by molar-refractivity contribution is 7.89. The van der Waals surface area contributed by atoms with Crippen LogP contribution < -0.4 is 19.5 Å². The number of nitrogens with one attached hydrogen (secondary N) is 2. The molecule has 0 aliphatic rings. The molecule has 0 aliphatic heterocycles. The Hall–Kier alpha value is -1.80. The van der Waals surface area contributed by atoms with Crippen molar-refractivity contribution in [3.05, 3.63) is 23.8 Å². The van der Waals surface area contributed by atoms with Gasteiger partial charge < -0.3 is 14.8 Å². The lowest BCUT2D eigenvalue weighted by molar-refractivity contribution is -0.119. The topological polar surface area (TPSA) is 93.7 Å². The number of carbonyl (C=O) groups excluding carboxylic acids is 1. The number of unbranched alkanes of at least 4 members (excludes halogenated alkanes) is 1. The van der Waals surface area contributed by atoms with Gasteiger partial charge in [-0.25, -0.2) is 13.1 Å². The van der Waals surface area contributed by atoms with Gasteiger partial charge in [-0.05, 0) is 36.6 Å². The van der Waals surface area contributed by atoms with Crippen LogP contribution in [0.5, 0.6) is 11.5 Å². The average molecular weight is 358 g/mol. The molecule has 0 radical (unpaired) electrons. The fourth-order valence-corrected chi connectivity index (χ4v) is 3.22. The zero-order valence-electron chi connectivity index (χ0n) is 14.4. The number of methoxy groups -OCH3 is 2. The van der Waals surface area contributed by atoms with Gasteiger partial charge in [-0.2, -0.15) is 0 Å². The molecule has 0 bridgehead atoms. The van der Waals surface area contributed by atoms with E-state index < -0.39 is 10.0 Å². The van der Waals surface area contributed by atoms with E-state index in [1.165, 1.54) is 0 Å². The highest BCUT2D eigenvalue weighted by Gasteiger charge is 2.12. The molecule has 0 atom stereocenters. The monoisotopic (exact) mass is 358 g/mol. The number of rotatable bonds is 11. The van der Waals surface area contributed by atoms with Crippen molar-refractivity contribution >= 4 is 15.9 Å². The summed E-state index contributed by atoms with van der Waals surface area (Å²) in [7, 11) is -0.223. The van der Waals surface area contributed by atoms with Crippen LogP contribution in [0.3, 0.4) is 0 Å². The van der Waals surface area contributed by atoms with E-state index in [0.717, 1.165) is 12.0 Å². The molecule has 136 valence electrons. The fourth-order valence-electron chi connectivity index (χ4n) is 2.06. The second kappa shape index (κ2) is 10.1. The maximum atomic E-state index is 11.7. The summed E-state index contributed by atoms with van der Waals surface area (Å²) in [6.45, 7) is 2.04. The number of amides is 1. The van der Waals surface area contributed by atoms with E-state index in [1.807, 2.05) is 13.0 Å². The quantitative estimate of drug-likeness (QED) is 0.617. The Morgan fingerprint density at radius 2 is 1.96 bits per heavy atom. The molecule has 1 aromatic carbocycles. The van der Waals surface area contributed by atoms with Gasteiger partial charge in [0.15, 0.2) is 0 Å². The van der Waals surface area contributed by atoms with Gasteiger partial charge in [0.25, 0.3) is 0 Å². The highest BCUT2D eigenvalue weighted by Crippen LogP contribution is 2.24. The largest absolute Gasteiger partial charge is 0.497 e. The summed E-state index contributed by atoms with van der Waals surface area (Å²) in [5.74, 6) is 1.10. The minimum Gasteiger partial charge on any atom is -0.497 e. The minimum absolute atomic E-state index is 0.0395. The first-order valence-electron chi connectivity index (χ1n) is 7.86. The molecule has 0 aliphatic carbocycles. The van der Waals surface area contributed by atoms with E-state index in [1.54, 1.807) is 26.4 Å². The van der Waals surface area contributed by atoms with Crippen LogP contribution in [0.15, 0.2) is 18.2 Å². The van der Waals surface area contributed by atoms with Crippen LogP contribution in [-0.2, 0) is 21.2 Å². The summed E-state index contributed by atoms with van der Waals surface area (Å²) in [6, 6.07) is 5.45. The van der Waals surface area contributed by atoms with Crippen LogP contribution in [-0.4, -0.2) is 47.4 Å². The molecule has 8 heteroatoms. The van der Waals surface area contributed by atoms with Gasteiger partial charge in [-0.3, -0.25) is 4.79 Å². The lowest BCUT2D eigenvalue weighted by Gasteiger charge is -2.11. The second-order valence-electron chi connectivity index (χ2n) is 5.27. The number of sulfonamides is 1. The third-order valence-electron chi connectivity index (χ3n) is 3.42. The molecule has 0 heterocycles. The Bertz CT molecular complexity index is 631. The fraction of sp³-hybridized carbons (Fsp3) is 0.562. The first kappa shape index (κ1) is 20.2. The SMILES string of the molecule is CCCCS(=O)(=O)NCC(=O)NCCc1cc(OC)ccc1OC. The van der Waals surface area contributed by atoms with Crippen molar-refractivity contribution in [3.8, 4) is 11.5 Å². The first-order chi connectivity index (χ1) is 11.4. The van der Waals surface area contributed by atoms with Gasteiger partial charge in [0.2, 0.25) is 15.9 Å².